The Morgan fingerprint density at radius 1 is 1.16 bits per heavy atom. The highest BCUT2D eigenvalue weighted by Crippen LogP contribution is 2.48. The molecular weight excluding hydrogens is 468 g/mol. The molecule has 31 heavy (non-hydrogen) atoms. The van der Waals surface area contributed by atoms with Gasteiger partial charge in [-0.15, -0.1) is 0 Å². The Morgan fingerprint density at radius 2 is 1.84 bits per heavy atom. The highest BCUT2D eigenvalue weighted by atomic mass is 35.5. The van der Waals surface area contributed by atoms with Gasteiger partial charge in [0.15, 0.2) is 0 Å². The van der Waals surface area contributed by atoms with Crippen molar-refractivity contribution < 1.29 is 18.0 Å². The lowest BCUT2D eigenvalue weighted by Gasteiger charge is -2.31. The highest BCUT2D eigenvalue weighted by molar-refractivity contribution is 8.00. The lowest BCUT2D eigenvalue weighted by atomic mass is 9.76. The van der Waals surface area contributed by atoms with E-state index in [1.807, 2.05) is 0 Å². The summed E-state index contributed by atoms with van der Waals surface area (Å²) in [5.41, 5.74) is -0.0560. The minimum absolute atomic E-state index is 0.00216. The van der Waals surface area contributed by atoms with Crippen molar-refractivity contribution in [3.8, 4) is 0 Å². The van der Waals surface area contributed by atoms with Gasteiger partial charge in [0.25, 0.3) is 5.91 Å². The Morgan fingerprint density at radius 3 is 2.39 bits per heavy atom. The number of hydrogen-bond donors (Lipinski definition) is 1. The summed E-state index contributed by atoms with van der Waals surface area (Å²) in [5, 5.41) is 3.26. The van der Waals surface area contributed by atoms with Crippen LogP contribution in [0, 0.1) is 6.92 Å². The fourth-order valence-electron chi connectivity index (χ4n) is 3.88. The zero-order chi connectivity index (χ0) is 22.4. The molecule has 4 rings (SSSR count). The van der Waals surface area contributed by atoms with Crippen molar-refractivity contribution >= 4 is 46.6 Å². The van der Waals surface area contributed by atoms with E-state index in [1.54, 1.807) is 36.9 Å². The molecule has 2 aliphatic rings. The number of aliphatic imine (C=N–C) groups is 1. The number of amides is 1. The van der Waals surface area contributed by atoms with Gasteiger partial charge in [-0.1, -0.05) is 29.3 Å². The van der Waals surface area contributed by atoms with Gasteiger partial charge in [0, 0.05) is 45.3 Å². The smallest absolute Gasteiger partial charge is 0.348 e. The molecule has 2 heterocycles. The topological polar surface area (TPSA) is 41.5 Å². The van der Waals surface area contributed by atoms with Gasteiger partial charge in [0.05, 0.1) is 6.54 Å². The zero-order valence-electron chi connectivity index (χ0n) is 16.5. The van der Waals surface area contributed by atoms with Crippen LogP contribution in [-0.4, -0.2) is 41.9 Å². The molecule has 164 valence electrons. The van der Waals surface area contributed by atoms with Crippen LogP contribution in [0.3, 0.4) is 0 Å². The number of nitrogens with zero attached hydrogens (tertiary/aromatic N) is 1. The largest absolute Gasteiger partial charge is 0.400 e. The van der Waals surface area contributed by atoms with E-state index in [0.29, 0.717) is 22.4 Å². The van der Waals surface area contributed by atoms with E-state index >= 15 is 0 Å². The molecule has 1 saturated heterocycles. The number of carbonyl (C=O) groups excluding carboxylic acids is 1. The second-order valence-corrected chi connectivity index (χ2v) is 9.86. The maximum absolute atomic E-state index is 14.2. The summed E-state index contributed by atoms with van der Waals surface area (Å²) in [5.74, 6) is 1.63. The normalized spacial score (nSPS) is 21.5. The number of hydrogen-bond acceptors (Lipinski definition) is 3. The average Bonchev–Trinajstić information content (AvgIpc) is 3.10. The maximum Gasteiger partial charge on any atom is 0.400 e. The van der Waals surface area contributed by atoms with Crippen molar-refractivity contribution in [1.82, 2.24) is 5.32 Å². The molecule has 3 nitrogen and oxygen atoms in total. The van der Waals surface area contributed by atoms with E-state index < -0.39 is 18.1 Å². The molecule has 0 spiro atoms. The molecule has 0 aromatic heterocycles. The molecular formula is C22H19Cl2F3N2OS. The van der Waals surface area contributed by atoms with Crippen molar-refractivity contribution in [1.29, 1.82) is 0 Å². The van der Waals surface area contributed by atoms with Crippen LogP contribution in [0.15, 0.2) is 41.4 Å². The third-order valence-corrected chi connectivity index (χ3v) is 7.46. The number of benzene rings is 2. The van der Waals surface area contributed by atoms with Gasteiger partial charge >= 0.3 is 6.18 Å². The van der Waals surface area contributed by atoms with Gasteiger partial charge in [-0.3, -0.25) is 9.79 Å². The molecule has 0 bridgehead atoms. The maximum atomic E-state index is 14.2. The van der Waals surface area contributed by atoms with Crippen LogP contribution in [0.1, 0.15) is 33.5 Å². The van der Waals surface area contributed by atoms with E-state index in [0.717, 1.165) is 11.5 Å². The van der Waals surface area contributed by atoms with Crippen LogP contribution in [0.5, 0.6) is 0 Å². The van der Waals surface area contributed by atoms with E-state index in [1.165, 1.54) is 18.2 Å². The molecule has 2 aromatic rings. The second kappa shape index (κ2) is 8.34. The summed E-state index contributed by atoms with van der Waals surface area (Å²) in [7, 11) is 0. The Hall–Kier alpha value is -1.70. The molecule has 2 aromatic carbocycles. The Bertz CT molecular complexity index is 1050. The third-order valence-electron chi connectivity index (χ3n) is 5.74. The van der Waals surface area contributed by atoms with Crippen LogP contribution < -0.4 is 5.32 Å². The average molecular weight is 487 g/mol. The van der Waals surface area contributed by atoms with Gasteiger partial charge in [-0.2, -0.15) is 24.9 Å². The molecule has 1 unspecified atom stereocenters. The molecule has 2 aliphatic heterocycles. The van der Waals surface area contributed by atoms with Gasteiger partial charge in [-0.25, -0.2) is 0 Å². The lowest BCUT2D eigenvalue weighted by Crippen LogP contribution is -2.44. The summed E-state index contributed by atoms with van der Waals surface area (Å²) < 4.78 is 42.7. The van der Waals surface area contributed by atoms with E-state index in [-0.39, 0.29) is 34.0 Å². The molecule has 1 amide bonds. The lowest BCUT2D eigenvalue weighted by molar-refractivity contribution is -0.183. The minimum Gasteiger partial charge on any atom is -0.348 e. The fourth-order valence-corrected chi connectivity index (χ4v) is 5.04. The van der Waals surface area contributed by atoms with Crippen LogP contribution in [0.25, 0.3) is 0 Å². The van der Waals surface area contributed by atoms with Crippen molar-refractivity contribution in [2.45, 2.75) is 31.0 Å². The summed E-state index contributed by atoms with van der Waals surface area (Å²) in [6, 6.07) is 9.22. The van der Waals surface area contributed by atoms with E-state index in [4.69, 9.17) is 23.2 Å². The standard InChI is InChI=1S/C22H19Cl2F3N2OS/c1-12-4-13(2-3-18(12)20(30)29-17-9-31-10-17)19-8-21(11-28-19,22(25,26)27)14-5-15(23)7-16(24)6-14/h2-7,17H,8-11H2,1H3,(H,29,30). The molecule has 0 radical (unpaired) electrons. The first-order valence-corrected chi connectivity index (χ1v) is 11.6. The van der Waals surface area contributed by atoms with Crippen molar-refractivity contribution in [2.24, 2.45) is 4.99 Å². The Balaban J connectivity index is 1.61. The van der Waals surface area contributed by atoms with Gasteiger partial charge in [0.1, 0.15) is 5.41 Å². The predicted octanol–water partition coefficient (Wildman–Crippen LogP) is 5.84. The molecule has 0 aliphatic carbocycles. The van der Waals surface area contributed by atoms with E-state index in [9.17, 15) is 18.0 Å². The Kier molecular flexibility index (Phi) is 6.05. The van der Waals surface area contributed by atoms with Crippen molar-refractivity contribution in [2.75, 3.05) is 18.1 Å². The van der Waals surface area contributed by atoms with Crippen molar-refractivity contribution in [3.05, 3.63) is 68.7 Å². The molecule has 1 atom stereocenters. The summed E-state index contributed by atoms with van der Waals surface area (Å²) in [6.07, 6.45) is -4.86. The number of halogens is 5. The quantitative estimate of drug-likeness (QED) is 0.589. The number of aryl methyl sites for hydroxylation is 1. The van der Waals surface area contributed by atoms with Crippen LogP contribution in [0.2, 0.25) is 10.0 Å². The summed E-state index contributed by atoms with van der Waals surface area (Å²) >= 11 is 13.7. The number of rotatable bonds is 4. The predicted molar refractivity (Wildman–Crippen MR) is 120 cm³/mol. The zero-order valence-corrected chi connectivity index (χ0v) is 18.9. The first-order chi connectivity index (χ1) is 14.6. The van der Waals surface area contributed by atoms with Crippen LogP contribution >= 0.6 is 35.0 Å². The summed E-state index contributed by atoms with van der Waals surface area (Å²) in [6.45, 7) is 1.33. The van der Waals surface area contributed by atoms with Crippen LogP contribution in [-0.2, 0) is 5.41 Å². The molecule has 0 saturated carbocycles. The number of thioether (sulfide) groups is 1. The monoisotopic (exact) mass is 486 g/mol. The summed E-state index contributed by atoms with van der Waals surface area (Å²) in [4.78, 5) is 16.7. The highest BCUT2D eigenvalue weighted by Gasteiger charge is 2.58. The minimum atomic E-state index is -4.54. The number of alkyl halides is 3. The molecule has 1 N–H and O–H groups in total. The first kappa shape index (κ1) is 22.5. The van der Waals surface area contributed by atoms with Gasteiger partial charge in [-0.05, 0) is 53.9 Å². The van der Waals surface area contributed by atoms with Gasteiger partial charge < -0.3 is 5.32 Å². The van der Waals surface area contributed by atoms with Crippen LogP contribution in [0.4, 0.5) is 13.2 Å². The number of carbonyl (C=O) groups is 1. The van der Waals surface area contributed by atoms with Gasteiger partial charge in [0.2, 0.25) is 0 Å². The molecule has 1 fully saturated rings. The Labute approximate surface area is 192 Å². The van der Waals surface area contributed by atoms with E-state index in [2.05, 4.69) is 10.3 Å². The third kappa shape index (κ3) is 4.32. The SMILES string of the molecule is Cc1cc(C2=NCC(c3cc(Cl)cc(Cl)c3)(C(F)(F)F)C2)ccc1C(=O)NC1CSC1. The first-order valence-electron chi connectivity index (χ1n) is 9.65. The number of nitrogens with one attached hydrogen (secondary N) is 1. The van der Waals surface area contributed by atoms with Crippen molar-refractivity contribution in [3.63, 3.8) is 0 Å². The fraction of sp³-hybridized carbons (Fsp3) is 0.364. The molecule has 9 heteroatoms. The second-order valence-electron chi connectivity index (χ2n) is 7.92.